The van der Waals surface area contributed by atoms with Crippen molar-refractivity contribution in [3.8, 4) is 5.75 Å². The molecule has 0 atom stereocenters. The van der Waals surface area contributed by atoms with Gasteiger partial charge in [0, 0.05) is 6.54 Å². The number of nitrogens with one attached hydrogen (secondary N) is 1. The van der Waals surface area contributed by atoms with Gasteiger partial charge in [-0.15, -0.1) is 0 Å². The van der Waals surface area contributed by atoms with E-state index in [0.717, 1.165) is 40.4 Å². The molecule has 1 heterocycles. The first-order valence-corrected chi connectivity index (χ1v) is 7.19. The van der Waals surface area contributed by atoms with Gasteiger partial charge in [-0.25, -0.2) is 4.98 Å². The number of nitrogen functional groups attached to an aromatic ring is 1. The first-order valence-electron chi connectivity index (χ1n) is 6.39. The van der Waals surface area contributed by atoms with Crippen molar-refractivity contribution in [1.82, 2.24) is 4.98 Å². The van der Waals surface area contributed by atoms with Crippen LogP contribution in [-0.2, 0) is 6.42 Å². The normalized spacial score (nSPS) is 10.3. The van der Waals surface area contributed by atoms with Crippen molar-refractivity contribution in [1.29, 1.82) is 0 Å². The fourth-order valence-corrected chi connectivity index (χ4v) is 2.46. The van der Waals surface area contributed by atoms with Crippen molar-refractivity contribution in [3.05, 3.63) is 46.1 Å². The molecule has 3 N–H and O–H groups in total. The van der Waals surface area contributed by atoms with Crippen LogP contribution in [0.5, 0.6) is 5.75 Å². The lowest BCUT2D eigenvalue weighted by atomic mass is 10.1. The summed E-state index contributed by atoms with van der Waals surface area (Å²) in [7, 11) is 1.66. The Balaban J connectivity index is 1.92. The number of rotatable bonds is 5. The molecule has 0 saturated carbocycles. The van der Waals surface area contributed by atoms with E-state index in [9.17, 15) is 0 Å². The maximum atomic E-state index is 5.75. The van der Waals surface area contributed by atoms with Crippen molar-refractivity contribution in [2.75, 3.05) is 24.7 Å². The number of aryl methyl sites for hydroxylation is 1. The van der Waals surface area contributed by atoms with Crippen molar-refractivity contribution >= 4 is 27.4 Å². The van der Waals surface area contributed by atoms with E-state index in [1.807, 2.05) is 25.1 Å². The van der Waals surface area contributed by atoms with Gasteiger partial charge < -0.3 is 15.8 Å². The Bertz CT molecular complexity index is 602. The minimum absolute atomic E-state index is 0.717. The first kappa shape index (κ1) is 14.7. The quantitative estimate of drug-likeness (QED) is 0.879. The van der Waals surface area contributed by atoms with Crippen molar-refractivity contribution in [3.63, 3.8) is 0 Å². The van der Waals surface area contributed by atoms with E-state index in [0.29, 0.717) is 0 Å². The van der Waals surface area contributed by atoms with Gasteiger partial charge in [0.15, 0.2) is 0 Å². The van der Waals surface area contributed by atoms with E-state index >= 15 is 0 Å². The number of anilines is 2. The van der Waals surface area contributed by atoms with E-state index in [2.05, 4.69) is 38.4 Å². The highest BCUT2D eigenvalue weighted by Gasteiger charge is 2.02. The summed E-state index contributed by atoms with van der Waals surface area (Å²) < 4.78 is 6.19. The molecule has 0 amide bonds. The summed E-state index contributed by atoms with van der Waals surface area (Å²) in [6.07, 6.45) is 0.910. The summed E-state index contributed by atoms with van der Waals surface area (Å²) in [5.41, 5.74) is 8.55. The molecule has 0 spiro atoms. The Labute approximate surface area is 127 Å². The minimum atomic E-state index is 0.717. The molecule has 1 aromatic heterocycles. The van der Waals surface area contributed by atoms with Crippen LogP contribution in [0.2, 0.25) is 0 Å². The van der Waals surface area contributed by atoms with E-state index in [1.165, 1.54) is 5.56 Å². The second-order valence-corrected chi connectivity index (χ2v) is 5.37. The van der Waals surface area contributed by atoms with Crippen LogP contribution >= 0.6 is 15.9 Å². The second-order valence-electron chi connectivity index (χ2n) is 4.52. The molecule has 1 aromatic carbocycles. The Kier molecular flexibility index (Phi) is 4.84. The lowest BCUT2D eigenvalue weighted by molar-refractivity contribution is 0.412. The van der Waals surface area contributed by atoms with Gasteiger partial charge in [0.05, 0.1) is 23.0 Å². The summed E-state index contributed by atoms with van der Waals surface area (Å²) in [4.78, 5) is 4.38. The highest BCUT2D eigenvalue weighted by atomic mass is 79.9. The smallest absolute Gasteiger partial charge is 0.133 e. The van der Waals surface area contributed by atoms with Crippen LogP contribution in [0.3, 0.4) is 0 Å². The molecule has 0 bridgehead atoms. The number of benzene rings is 1. The topological polar surface area (TPSA) is 60.2 Å². The summed E-state index contributed by atoms with van der Waals surface area (Å²) in [5, 5.41) is 3.30. The van der Waals surface area contributed by atoms with Gasteiger partial charge in [0.2, 0.25) is 0 Å². The molecular weight excluding hydrogens is 318 g/mol. The number of pyridine rings is 1. The van der Waals surface area contributed by atoms with E-state index < -0.39 is 0 Å². The monoisotopic (exact) mass is 335 g/mol. The van der Waals surface area contributed by atoms with Gasteiger partial charge in [-0.05, 0) is 59.1 Å². The summed E-state index contributed by atoms with van der Waals surface area (Å²) in [6.45, 7) is 2.72. The third-order valence-corrected chi connectivity index (χ3v) is 3.68. The van der Waals surface area contributed by atoms with Gasteiger partial charge in [0.25, 0.3) is 0 Å². The Morgan fingerprint density at radius 2 is 2.10 bits per heavy atom. The zero-order valence-electron chi connectivity index (χ0n) is 11.6. The van der Waals surface area contributed by atoms with Crippen molar-refractivity contribution in [2.45, 2.75) is 13.3 Å². The number of hydrogen-bond donors (Lipinski definition) is 2. The number of nitrogens with zero attached hydrogens (tertiary/aromatic N) is 1. The van der Waals surface area contributed by atoms with Gasteiger partial charge in [-0.1, -0.05) is 6.07 Å². The lowest BCUT2D eigenvalue weighted by Gasteiger charge is -2.09. The second kappa shape index (κ2) is 6.61. The third kappa shape index (κ3) is 3.63. The number of aromatic nitrogens is 1. The van der Waals surface area contributed by atoms with Crippen LogP contribution in [0, 0.1) is 6.92 Å². The molecule has 0 aliphatic rings. The molecule has 2 rings (SSSR count). The molecule has 106 valence electrons. The predicted molar refractivity (Wildman–Crippen MR) is 86.3 cm³/mol. The molecule has 0 aliphatic carbocycles. The molecule has 0 saturated heterocycles. The number of ether oxygens (including phenoxy) is 1. The third-order valence-electron chi connectivity index (χ3n) is 3.06. The average Bonchev–Trinajstić information content (AvgIpc) is 2.43. The van der Waals surface area contributed by atoms with Crippen LogP contribution in [0.15, 0.2) is 34.8 Å². The summed E-state index contributed by atoms with van der Waals surface area (Å²) in [5.74, 6) is 1.70. The standard InChI is InChI=1S/C15H18BrN3O/c1-10-13(17)4-6-15(19-10)18-8-7-11-3-5-14(20-2)12(16)9-11/h3-6,9H,7-8,17H2,1-2H3,(H,18,19). The number of methoxy groups -OCH3 is 1. The first-order chi connectivity index (χ1) is 9.60. The van der Waals surface area contributed by atoms with Crippen LogP contribution in [0.25, 0.3) is 0 Å². The van der Waals surface area contributed by atoms with Crippen molar-refractivity contribution < 1.29 is 4.74 Å². The largest absolute Gasteiger partial charge is 0.496 e. The van der Waals surface area contributed by atoms with E-state index in [4.69, 9.17) is 10.5 Å². The Morgan fingerprint density at radius 1 is 1.30 bits per heavy atom. The molecule has 2 aromatic rings. The van der Waals surface area contributed by atoms with Gasteiger partial charge >= 0.3 is 0 Å². The molecule has 5 heteroatoms. The molecule has 4 nitrogen and oxygen atoms in total. The highest BCUT2D eigenvalue weighted by Crippen LogP contribution is 2.25. The van der Waals surface area contributed by atoms with Crippen LogP contribution in [0.1, 0.15) is 11.3 Å². The molecule has 0 fully saturated rings. The SMILES string of the molecule is COc1ccc(CCNc2ccc(N)c(C)n2)cc1Br. The van der Waals surface area contributed by atoms with Crippen molar-refractivity contribution in [2.24, 2.45) is 0 Å². The van der Waals surface area contributed by atoms with Gasteiger partial charge in [0.1, 0.15) is 11.6 Å². The average molecular weight is 336 g/mol. The molecule has 20 heavy (non-hydrogen) atoms. The Morgan fingerprint density at radius 3 is 2.75 bits per heavy atom. The van der Waals surface area contributed by atoms with Gasteiger partial charge in [-0.2, -0.15) is 0 Å². The van der Waals surface area contributed by atoms with Gasteiger partial charge in [-0.3, -0.25) is 0 Å². The zero-order valence-corrected chi connectivity index (χ0v) is 13.2. The maximum Gasteiger partial charge on any atom is 0.133 e. The lowest BCUT2D eigenvalue weighted by Crippen LogP contribution is -2.07. The zero-order chi connectivity index (χ0) is 14.5. The van der Waals surface area contributed by atoms with Crippen LogP contribution < -0.4 is 15.8 Å². The molecule has 0 unspecified atom stereocenters. The molecular formula is C15H18BrN3O. The van der Waals surface area contributed by atoms with Crippen LogP contribution in [0.4, 0.5) is 11.5 Å². The highest BCUT2D eigenvalue weighted by molar-refractivity contribution is 9.10. The molecule has 0 aliphatic heterocycles. The summed E-state index contributed by atoms with van der Waals surface area (Å²) >= 11 is 3.49. The number of nitrogens with two attached hydrogens (primary N) is 1. The summed E-state index contributed by atoms with van der Waals surface area (Å²) in [6, 6.07) is 9.86. The number of hydrogen-bond acceptors (Lipinski definition) is 4. The van der Waals surface area contributed by atoms with E-state index in [1.54, 1.807) is 7.11 Å². The maximum absolute atomic E-state index is 5.75. The fourth-order valence-electron chi connectivity index (χ4n) is 1.87. The van der Waals surface area contributed by atoms with E-state index in [-0.39, 0.29) is 0 Å². The molecule has 0 radical (unpaired) electrons. The van der Waals surface area contributed by atoms with Crippen LogP contribution in [-0.4, -0.2) is 18.6 Å². The minimum Gasteiger partial charge on any atom is -0.496 e. The predicted octanol–water partition coefficient (Wildman–Crippen LogP) is 3.40. The fraction of sp³-hybridized carbons (Fsp3) is 0.267. The Hall–Kier alpha value is -1.75. The number of halogens is 1.